The Morgan fingerprint density at radius 2 is 2.30 bits per heavy atom. The third-order valence-electron chi connectivity index (χ3n) is 3.21. The number of hydrogen-bond acceptors (Lipinski definition) is 4. The Labute approximate surface area is 128 Å². The predicted octanol–water partition coefficient (Wildman–Crippen LogP) is 1.13. The second-order valence-corrected chi connectivity index (χ2v) is 5.43. The highest BCUT2D eigenvalue weighted by Gasteiger charge is 2.26. The summed E-state index contributed by atoms with van der Waals surface area (Å²) in [4.78, 5) is 13.4. The average molecular weight is 318 g/mol. The lowest BCUT2D eigenvalue weighted by molar-refractivity contribution is -0.123. The number of piperazine rings is 1. The number of carbonyl (C=O) groups is 1. The molecule has 1 aromatic rings. The minimum absolute atomic E-state index is 0.284. The lowest BCUT2D eigenvalue weighted by atomic mass is 10.2. The van der Waals surface area contributed by atoms with E-state index < -0.39 is 0 Å². The minimum atomic E-state index is -0.318. The molecule has 0 radical (unpaired) electrons. The first kappa shape index (κ1) is 15.4. The van der Waals surface area contributed by atoms with E-state index in [0.29, 0.717) is 35.5 Å². The Kier molecular flexibility index (Phi) is 5.48. The summed E-state index contributed by atoms with van der Waals surface area (Å²) in [7, 11) is 0. The molecule has 3 N–H and O–H groups in total. The second kappa shape index (κ2) is 7.13. The summed E-state index contributed by atoms with van der Waals surface area (Å²) in [5.74, 6) is 0.267. The van der Waals surface area contributed by atoms with Gasteiger partial charge in [-0.25, -0.2) is 0 Å². The summed E-state index contributed by atoms with van der Waals surface area (Å²) in [5.41, 5.74) is 5.38. The van der Waals surface area contributed by atoms with Gasteiger partial charge in [0.1, 0.15) is 18.4 Å². The fraction of sp³-hybridized carbons (Fsp3) is 0.462. The maximum atomic E-state index is 11.4. The predicted molar refractivity (Wildman–Crippen MR) is 79.4 cm³/mol. The van der Waals surface area contributed by atoms with Crippen LogP contribution in [0.3, 0.4) is 0 Å². The van der Waals surface area contributed by atoms with Gasteiger partial charge >= 0.3 is 0 Å². The van der Waals surface area contributed by atoms with Gasteiger partial charge in [0.2, 0.25) is 5.91 Å². The van der Waals surface area contributed by atoms with E-state index in [1.165, 1.54) is 0 Å². The van der Waals surface area contributed by atoms with Gasteiger partial charge in [0.25, 0.3) is 0 Å². The Hall–Kier alpha value is -1.01. The number of ether oxygens (including phenoxy) is 1. The van der Waals surface area contributed by atoms with Crippen molar-refractivity contribution in [2.75, 3.05) is 32.8 Å². The third kappa shape index (κ3) is 3.99. The van der Waals surface area contributed by atoms with E-state index in [-0.39, 0.29) is 11.9 Å². The Morgan fingerprint density at radius 3 is 3.00 bits per heavy atom. The first-order valence-corrected chi connectivity index (χ1v) is 7.15. The number of carbonyl (C=O) groups excluding carboxylic acids is 1. The first-order valence-electron chi connectivity index (χ1n) is 6.40. The lowest BCUT2D eigenvalue weighted by Gasteiger charge is -2.33. The highest BCUT2D eigenvalue weighted by molar-refractivity contribution is 6.35. The highest BCUT2D eigenvalue weighted by atomic mass is 35.5. The Morgan fingerprint density at radius 1 is 1.50 bits per heavy atom. The van der Waals surface area contributed by atoms with Crippen LogP contribution in [-0.4, -0.2) is 49.6 Å². The quantitative estimate of drug-likeness (QED) is 0.854. The van der Waals surface area contributed by atoms with Crippen LogP contribution in [0.5, 0.6) is 5.75 Å². The summed E-state index contributed by atoms with van der Waals surface area (Å²) in [5, 5.41) is 4.19. The zero-order valence-electron chi connectivity index (χ0n) is 10.9. The summed E-state index contributed by atoms with van der Waals surface area (Å²) in [6.07, 6.45) is 0. The largest absolute Gasteiger partial charge is 0.491 e. The number of halogens is 2. The van der Waals surface area contributed by atoms with Crippen molar-refractivity contribution in [3.63, 3.8) is 0 Å². The zero-order chi connectivity index (χ0) is 14.5. The van der Waals surface area contributed by atoms with Crippen LogP contribution in [-0.2, 0) is 4.79 Å². The van der Waals surface area contributed by atoms with Crippen molar-refractivity contribution in [3.05, 3.63) is 28.2 Å². The molecule has 1 amide bonds. The molecular formula is C13H17Cl2N3O2. The summed E-state index contributed by atoms with van der Waals surface area (Å²) in [6, 6.07) is 4.80. The molecule has 7 heteroatoms. The molecule has 0 aromatic heterocycles. The SMILES string of the molecule is NC(=O)C1CNCCN1CCOc1ccc(Cl)cc1Cl. The summed E-state index contributed by atoms with van der Waals surface area (Å²) < 4.78 is 5.62. The van der Waals surface area contributed by atoms with E-state index in [4.69, 9.17) is 33.7 Å². The number of rotatable bonds is 5. The number of hydrogen-bond donors (Lipinski definition) is 2. The Bertz CT molecular complexity index is 485. The molecule has 0 aliphatic carbocycles. The van der Waals surface area contributed by atoms with Gasteiger partial charge < -0.3 is 15.8 Å². The van der Waals surface area contributed by atoms with Crippen LogP contribution in [0.25, 0.3) is 0 Å². The molecule has 0 bridgehead atoms. The van der Waals surface area contributed by atoms with Crippen LogP contribution in [0, 0.1) is 0 Å². The number of nitrogens with zero attached hydrogens (tertiary/aromatic N) is 1. The van der Waals surface area contributed by atoms with E-state index in [1.807, 2.05) is 4.90 Å². The zero-order valence-corrected chi connectivity index (χ0v) is 12.5. The molecule has 1 aromatic carbocycles. The van der Waals surface area contributed by atoms with Gasteiger partial charge in [-0.3, -0.25) is 9.69 Å². The average Bonchev–Trinajstić information content (AvgIpc) is 2.41. The van der Waals surface area contributed by atoms with Crippen LogP contribution < -0.4 is 15.8 Å². The monoisotopic (exact) mass is 317 g/mol. The number of benzene rings is 1. The van der Waals surface area contributed by atoms with Crippen molar-refractivity contribution in [3.8, 4) is 5.75 Å². The smallest absolute Gasteiger partial charge is 0.236 e. The fourth-order valence-corrected chi connectivity index (χ4v) is 2.62. The molecular weight excluding hydrogens is 301 g/mol. The topological polar surface area (TPSA) is 67.6 Å². The number of amides is 1. The summed E-state index contributed by atoms with van der Waals surface area (Å²) >= 11 is 11.8. The summed E-state index contributed by atoms with van der Waals surface area (Å²) in [6.45, 7) is 3.24. The normalized spacial score (nSPS) is 19.8. The van der Waals surface area contributed by atoms with Crippen molar-refractivity contribution in [2.45, 2.75) is 6.04 Å². The second-order valence-electron chi connectivity index (χ2n) is 4.58. The van der Waals surface area contributed by atoms with Gasteiger partial charge in [-0.05, 0) is 18.2 Å². The number of nitrogens with two attached hydrogens (primary N) is 1. The maximum absolute atomic E-state index is 11.4. The molecule has 0 saturated carbocycles. The van der Waals surface area contributed by atoms with Crippen LogP contribution >= 0.6 is 23.2 Å². The Balaban J connectivity index is 1.86. The van der Waals surface area contributed by atoms with E-state index in [9.17, 15) is 4.79 Å². The van der Waals surface area contributed by atoms with E-state index >= 15 is 0 Å². The molecule has 0 spiro atoms. The third-order valence-corrected chi connectivity index (χ3v) is 3.74. The molecule has 1 heterocycles. The van der Waals surface area contributed by atoms with Gasteiger partial charge in [-0.2, -0.15) is 0 Å². The van der Waals surface area contributed by atoms with E-state index in [2.05, 4.69) is 5.32 Å². The van der Waals surface area contributed by atoms with E-state index in [1.54, 1.807) is 18.2 Å². The van der Waals surface area contributed by atoms with Crippen molar-refractivity contribution >= 4 is 29.1 Å². The van der Waals surface area contributed by atoms with Crippen molar-refractivity contribution < 1.29 is 9.53 Å². The molecule has 1 atom stereocenters. The van der Waals surface area contributed by atoms with Gasteiger partial charge in [0, 0.05) is 31.2 Å². The number of nitrogens with one attached hydrogen (secondary N) is 1. The molecule has 1 aliphatic heterocycles. The van der Waals surface area contributed by atoms with Crippen molar-refractivity contribution in [1.29, 1.82) is 0 Å². The van der Waals surface area contributed by atoms with Gasteiger partial charge in [-0.15, -0.1) is 0 Å². The molecule has 2 rings (SSSR count). The van der Waals surface area contributed by atoms with Gasteiger partial charge in [0.05, 0.1) is 5.02 Å². The highest BCUT2D eigenvalue weighted by Crippen LogP contribution is 2.27. The standard InChI is InChI=1S/C13H17Cl2N3O2/c14-9-1-2-12(10(15)7-9)20-6-5-18-4-3-17-8-11(18)13(16)19/h1-2,7,11,17H,3-6,8H2,(H2,16,19). The molecule has 5 nitrogen and oxygen atoms in total. The maximum Gasteiger partial charge on any atom is 0.236 e. The van der Waals surface area contributed by atoms with E-state index in [0.717, 1.165) is 13.1 Å². The molecule has 20 heavy (non-hydrogen) atoms. The lowest BCUT2D eigenvalue weighted by Crippen LogP contribution is -2.57. The van der Waals surface area contributed by atoms with Crippen molar-refractivity contribution in [1.82, 2.24) is 10.2 Å². The first-order chi connectivity index (χ1) is 9.58. The van der Waals surface area contributed by atoms with Crippen molar-refractivity contribution in [2.24, 2.45) is 5.73 Å². The molecule has 1 unspecified atom stereocenters. The number of primary amides is 1. The van der Waals surface area contributed by atoms with Gasteiger partial charge in [-0.1, -0.05) is 23.2 Å². The molecule has 1 saturated heterocycles. The van der Waals surface area contributed by atoms with Crippen LogP contribution in [0.1, 0.15) is 0 Å². The fourth-order valence-electron chi connectivity index (χ4n) is 2.16. The van der Waals surface area contributed by atoms with Crippen LogP contribution in [0.2, 0.25) is 10.0 Å². The molecule has 1 fully saturated rings. The van der Waals surface area contributed by atoms with Crippen LogP contribution in [0.15, 0.2) is 18.2 Å². The molecule has 1 aliphatic rings. The molecule has 110 valence electrons. The van der Waals surface area contributed by atoms with Crippen LogP contribution in [0.4, 0.5) is 0 Å². The minimum Gasteiger partial charge on any atom is -0.491 e. The van der Waals surface area contributed by atoms with Gasteiger partial charge in [0.15, 0.2) is 0 Å².